The van der Waals surface area contributed by atoms with Gasteiger partial charge in [-0.1, -0.05) is 0 Å². The molecule has 118 valence electrons. The summed E-state index contributed by atoms with van der Waals surface area (Å²) in [5.74, 6) is -1.17. The SMILES string of the molecule is COC(=O)C(CC=C=C(C)C)(CC1CCCO1)C(=O)OC. The van der Waals surface area contributed by atoms with Crippen molar-refractivity contribution >= 4 is 11.9 Å². The molecule has 0 N–H and O–H groups in total. The Morgan fingerprint density at radius 1 is 1.29 bits per heavy atom. The lowest BCUT2D eigenvalue weighted by Gasteiger charge is -2.29. The second-order valence-electron chi connectivity index (χ2n) is 5.46. The van der Waals surface area contributed by atoms with E-state index >= 15 is 0 Å². The van der Waals surface area contributed by atoms with Gasteiger partial charge in [0.15, 0.2) is 5.41 Å². The summed E-state index contributed by atoms with van der Waals surface area (Å²) in [4.78, 5) is 24.5. The second-order valence-corrected chi connectivity index (χ2v) is 5.46. The number of ether oxygens (including phenoxy) is 3. The normalized spacial score (nSPS) is 17.8. The third-order valence-electron chi connectivity index (χ3n) is 3.59. The van der Waals surface area contributed by atoms with Crippen LogP contribution in [0.3, 0.4) is 0 Å². The predicted octanol–water partition coefficient (Wildman–Crippen LogP) is 2.40. The fourth-order valence-electron chi connectivity index (χ4n) is 2.51. The summed E-state index contributed by atoms with van der Waals surface area (Å²) in [6.07, 6.45) is 3.81. The maximum Gasteiger partial charge on any atom is 0.323 e. The van der Waals surface area contributed by atoms with Crippen molar-refractivity contribution in [2.24, 2.45) is 5.41 Å². The summed E-state index contributed by atoms with van der Waals surface area (Å²) in [7, 11) is 2.56. The fourth-order valence-corrected chi connectivity index (χ4v) is 2.51. The lowest BCUT2D eigenvalue weighted by molar-refractivity contribution is -0.171. The minimum absolute atomic E-state index is 0.122. The Bertz CT molecular complexity index is 420. The van der Waals surface area contributed by atoms with Gasteiger partial charge >= 0.3 is 11.9 Å². The molecule has 1 rings (SSSR count). The van der Waals surface area contributed by atoms with E-state index in [9.17, 15) is 9.59 Å². The first-order valence-electron chi connectivity index (χ1n) is 7.13. The molecule has 0 aromatic carbocycles. The van der Waals surface area contributed by atoms with Gasteiger partial charge in [0.05, 0.1) is 20.3 Å². The summed E-state index contributed by atoms with van der Waals surface area (Å²) in [6, 6.07) is 0. The molecule has 1 aliphatic heterocycles. The molecule has 1 fully saturated rings. The van der Waals surface area contributed by atoms with Crippen LogP contribution in [-0.2, 0) is 23.8 Å². The van der Waals surface area contributed by atoms with Crippen LogP contribution in [0.25, 0.3) is 0 Å². The van der Waals surface area contributed by atoms with Gasteiger partial charge in [-0.05, 0) is 44.8 Å². The zero-order chi connectivity index (χ0) is 15.9. The molecule has 0 aliphatic carbocycles. The van der Waals surface area contributed by atoms with Gasteiger partial charge in [-0.3, -0.25) is 9.59 Å². The van der Waals surface area contributed by atoms with Gasteiger partial charge in [-0.2, -0.15) is 0 Å². The summed E-state index contributed by atoms with van der Waals surface area (Å²) in [6.45, 7) is 4.45. The molecule has 0 bridgehead atoms. The highest BCUT2D eigenvalue weighted by molar-refractivity contribution is 6.00. The number of carbonyl (C=O) groups excluding carboxylic acids is 2. The smallest absolute Gasteiger partial charge is 0.323 e. The van der Waals surface area contributed by atoms with Crippen molar-refractivity contribution in [3.05, 3.63) is 17.4 Å². The first-order chi connectivity index (χ1) is 9.96. The third-order valence-corrected chi connectivity index (χ3v) is 3.59. The first-order valence-corrected chi connectivity index (χ1v) is 7.13. The Kier molecular flexibility index (Phi) is 6.66. The first kappa shape index (κ1) is 17.5. The van der Waals surface area contributed by atoms with E-state index < -0.39 is 17.4 Å². The molecule has 21 heavy (non-hydrogen) atoms. The Balaban J connectivity index is 3.09. The van der Waals surface area contributed by atoms with Crippen molar-refractivity contribution in [1.29, 1.82) is 0 Å². The molecular formula is C16H24O5. The van der Waals surface area contributed by atoms with Crippen LogP contribution < -0.4 is 0 Å². The summed E-state index contributed by atoms with van der Waals surface area (Å²) < 4.78 is 15.3. The molecule has 0 aromatic heterocycles. The van der Waals surface area contributed by atoms with Crippen LogP contribution in [0.4, 0.5) is 0 Å². The van der Waals surface area contributed by atoms with Gasteiger partial charge in [0.2, 0.25) is 0 Å². The number of methoxy groups -OCH3 is 2. The summed E-state index contributed by atoms with van der Waals surface area (Å²) in [5.41, 5.74) is 2.63. The number of esters is 2. The maximum atomic E-state index is 12.3. The maximum absolute atomic E-state index is 12.3. The molecular weight excluding hydrogens is 272 g/mol. The Labute approximate surface area is 125 Å². The lowest BCUT2D eigenvalue weighted by atomic mass is 9.78. The van der Waals surface area contributed by atoms with Crippen LogP contribution in [0.15, 0.2) is 17.4 Å². The molecule has 5 heteroatoms. The molecule has 1 heterocycles. The van der Waals surface area contributed by atoms with E-state index in [0.29, 0.717) is 6.61 Å². The van der Waals surface area contributed by atoms with Crippen molar-refractivity contribution in [3.63, 3.8) is 0 Å². The van der Waals surface area contributed by atoms with Gasteiger partial charge in [0, 0.05) is 13.0 Å². The van der Waals surface area contributed by atoms with Crippen LogP contribution in [0.1, 0.15) is 39.5 Å². The van der Waals surface area contributed by atoms with E-state index in [2.05, 4.69) is 5.73 Å². The largest absolute Gasteiger partial charge is 0.468 e. The molecule has 0 aromatic rings. The Morgan fingerprint density at radius 2 is 1.90 bits per heavy atom. The molecule has 1 atom stereocenters. The molecule has 0 radical (unpaired) electrons. The quantitative estimate of drug-likeness (QED) is 0.428. The lowest BCUT2D eigenvalue weighted by Crippen LogP contribution is -2.43. The van der Waals surface area contributed by atoms with E-state index in [0.717, 1.165) is 18.4 Å². The number of allylic oxidation sites excluding steroid dienone is 1. The highest BCUT2D eigenvalue weighted by Crippen LogP contribution is 2.35. The van der Waals surface area contributed by atoms with Crippen molar-refractivity contribution in [1.82, 2.24) is 0 Å². The van der Waals surface area contributed by atoms with Crippen LogP contribution in [0.5, 0.6) is 0 Å². The number of rotatable bonds is 6. The monoisotopic (exact) mass is 296 g/mol. The van der Waals surface area contributed by atoms with Gasteiger partial charge in [0.25, 0.3) is 0 Å². The highest BCUT2D eigenvalue weighted by atomic mass is 16.5. The molecule has 1 unspecified atom stereocenters. The molecule has 0 saturated carbocycles. The van der Waals surface area contributed by atoms with Crippen molar-refractivity contribution in [3.8, 4) is 0 Å². The minimum atomic E-state index is -1.36. The molecule has 0 spiro atoms. The molecule has 1 saturated heterocycles. The Hall–Kier alpha value is -1.58. The van der Waals surface area contributed by atoms with Gasteiger partial charge in [0.1, 0.15) is 0 Å². The van der Waals surface area contributed by atoms with E-state index in [-0.39, 0.29) is 18.9 Å². The van der Waals surface area contributed by atoms with E-state index in [1.807, 2.05) is 13.8 Å². The van der Waals surface area contributed by atoms with Crippen LogP contribution in [-0.4, -0.2) is 38.9 Å². The second kappa shape index (κ2) is 8.01. The third kappa shape index (κ3) is 4.45. The number of hydrogen-bond acceptors (Lipinski definition) is 5. The number of hydrogen-bond donors (Lipinski definition) is 0. The van der Waals surface area contributed by atoms with Crippen LogP contribution in [0, 0.1) is 5.41 Å². The van der Waals surface area contributed by atoms with Crippen LogP contribution in [0.2, 0.25) is 0 Å². The Morgan fingerprint density at radius 3 is 2.33 bits per heavy atom. The zero-order valence-corrected chi connectivity index (χ0v) is 13.2. The van der Waals surface area contributed by atoms with Gasteiger partial charge in [-0.25, -0.2) is 0 Å². The van der Waals surface area contributed by atoms with Crippen molar-refractivity contribution < 1.29 is 23.8 Å². The summed E-state index contributed by atoms with van der Waals surface area (Å²) in [5, 5.41) is 0. The van der Waals surface area contributed by atoms with E-state index in [4.69, 9.17) is 14.2 Å². The van der Waals surface area contributed by atoms with Crippen molar-refractivity contribution in [2.45, 2.75) is 45.6 Å². The average Bonchev–Trinajstić information content (AvgIpc) is 2.96. The number of carbonyl (C=O) groups is 2. The van der Waals surface area contributed by atoms with Crippen molar-refractivity contribution in [2.75, 3.05) is 20.8 Å². The zero-order valence-electron chi connectivity index (χ0n) is 13.2. The minimum Gasteiger partial charge on any atom is -0.468 e. The molecule has 0 amide bonds. The van der Waals surface area contributed by atoms with Gasteiger partial charge < -0.3 is 14.2 Å². The van der Waals surface area contributed by atoms with Gasteiger partial charge in [-0.15, -0.1) is 5.73 Å². The van der Waals surface area contributed by atoms with Crippen LogP contribution >= 0.6 is 0 Å². The predicted molar refractivity (Wildman–Crippen MR) is 77.6 cm³/mol. The topological polar surface area (TPSA) is 61.8 Å². The standard InChI is InChI=1S/C16H24O5/c1-12(2)7-5-9-16(14(17)19-3,15(18)20-4)11-13-8-6-10-21-13/h5,13H,6,8-11H2,1-4H3. The van der Waals surface area contributed by atoms with E-state index in [1.54, 1.807) is 6.08 Å². The fraction of sp³-hybridized carbons (Fsp3) is 0.688. The summed E-state index contributed by atoms with van der Waals surface area (Å²) >= 11 is 0. The molecule has 5 nitrogen and oxygen atoms in total. The highest BCUT2D eigenvalue weighted by Gasteiger charge is 2.49. The van der Waals surface area contributed by atoms with E-state index in [1.165, 1.54) is 14.2 Å². The average molecular weight is 296 g/mol. The molecule has 1 aliphatic rings.